The van der Waals surface area contributed by atoms with E-state index in [-0.39, 0.29) is 33.8 Å². The molecular weight excluding hydrogens is 515 g/mol. The number of carbonyl (C=O) groups is 3. The Balaban J connectivity index is 1.66. The molecule has 0 aliphatic rings. The molecule has 0 unspecified atom stereocenters. The van der Waals surface area contributed by atoms with Crippen LogP contribution in [-0.4, -0.2) is 31.8 Å². The van der Waals surface area contributed by atoms with E-state index >= 15 is 0 Å². The molecule has 5 aromatic rings. The van der Waals surface area contributed by atoms with E-state index in [1.807, 2.05) is 0 Å². The number of rotatable bonds is 8. The maximum absolute atomic E-state index is 13.9. The molecule has 0 radical (unpaired) electrons. The van der Waals surface area contributed by atoms with Crippen molar-refractivity contribution in [2.45, 2.75) is 6.92 Å². The highest BCUT2D eigenvalue weighted by Crippen LogP contribution is 2.38. The van der Waals surface area contributed by atoms with Crippen LogP contribution in [0.4, 0.5) is 4.39 Å². The predicted octanol–water partition coefficient (Wildman–Crippen LogP) is 6.91. The van der Waals surface area contributed by atoms with Gasteiger partial charge in [0.2, 0.25) is 0 Å². The van der Waals surface area contributed by atoms with Gasteiger partial charge in [0.1, 0.15) is 28.6 Å². The second-order valence-corrected chi connectivity index (χ2v) is 8.96. The number of fused-ring (bicyclic) bond motifs is 1. The van der Waals surface area contributed by atoms with Crippen molar-refractivity contribution in [2.24, 2.45) is 0 Å². The number of furan rings is 1. The molecule has 7 nitrogen and oxygen atoms in total. The van der Waals surface area contributed by atoms with Crippen LogP contribution in [-0.2, 0) is 0 Å². The molecule has 1 heterocycles. The Bertz CT molecular complexity index is 1740. The third kappa shape index (κ3) is 5.19. The topological polar surface area (TPSA) is 92.0 Å². The van der Waals surface area contributed by atoms with Crippen LogP contribution >= 0.6 is 0 Å². The van der Waals surface area contributed by atoms with Crippen molar-refractivity contribution < 1.29 is 37.4 Å². The molecule has 0 amide bonds. The smallest absolute Gasteiger partial charge is 0.344 e. The average molecular weight is 539 g/mol. The summed E-state index contributed by atoms with van der Waals surface area (Å²) in [5, 5.41) is 0.399. The number of hydrogen-bond acceptors (Lipinski definition) is 7. The summed E-state index contributed by atoms with van der Waals surface area (Å²) in [6.45, 7) is 1.44. The van der Waals surface area contributed by atoms with Gasteiger partial charge in [-0.3, -0.25) is 9.59 Å². The molecule has 4 aromatic carbocycles. The number of halogens is 1. The second-order valence-electron chi connectivity index (χ2n) is 8.96. The summed E-state index contributed by atoms with van der Waals surface area (Å²) in [5.74, 6) is -0.687. The van der Waals surface area contributed by atoms with Gasteiger partial charge in [0, 0.05) is 33.7 Å². The van der Waals surface area contributed by atoms with Crippen LogP contribution < -0.4 is 14.2 Å². The van der Waals surface area contributed by atoms with Gasteiger partial charge in [-0.05, 0) is 73.2 Å². The Hall–Kier alpha value is -5.24. The summed E-state index contributed by atoms with van der Waals surface area (Å²) in [4.78, 5) is 38.5. The van der Waals surface area contributed by atoms with E-state index in [1.54, 1.807) is 30.3 Å². The maximum atomic E-state index is 13.9. The highest BCUT2D eigenvalue weighted by atomic mass is 19.1. The van der Waals surface area contributed by atoms with Crippen molar-refractivity contribution in [3.63, 3.8) is 0 Å². The molecule has 8 heteroatoms. The third-order valence-corrected chi connectivity index (χ3v) is 6.38. The summed E-state index contributed by atoms with van der Waals surface area (Å²) in [5.41, 5.74) is 2.17. The van der Waals surface area contributed by atoms with Gasteiger partial charge in [0.05, 0.1) is 26.0 Å². The average Bonchev–Trinajstić information content (AvgIpc) is 3.40. The van der Waals surface area contributed by atoms with E-state index in [1.165, 1.54) is 69.9 Å². The molecule has 0 aliphatic heterocycles. The van der Waals surface area contributed by atoms with Gasteiger partial charge < -0.3 is 18.6 Å². The quantitative estimate of drug-likeness (QED) is 0.120. The van der Waals surface area contributed by atoms with Crippen LogP contribution in [0.5, 0.6) is 17.2 Å². The summed E-state index contributed by atoms with van der Waals surface area (Å²) < 4.78 is 36.1. The Morgan fingerprint density at radius 2 is 1.45 bits per heavy atom. The summed E-state index contributed by atoms with van der Waals surface area (Å²) in [6.07, 6.45) is 1.47. The lowest BCUT2D eigenvalue weighted by Crippen LogP contribution is -2.11. The van der Waals surface area contributed by atoms with Crippen molar-refractivity contribution in [3.8, 4) is 28.4 Å². The fourth-order valence-corrected chi connectivity index (χ4v) is 4.35. The largest absolute Gasteiger partial charge is 0.497 e. The number of methoxy groups -OCH3 is 2. The number of ether oxygens (including phenoxy) is 3. The van der Waals surface area contributed by atoms with Crippen LogP contribution in [0.3, 0.4) is 0 Å². The van der Waals surface area contributed by atoms with Crippen molar-refractivity contribution in [3.05, 3.63) is 113 Å². The van der Waals surface area contributed by atoms with Crippen molar-refractivity contribution in [1.29, 1.82) is 0 Å². The predicted molar refractivity (Wildman–Crippen MR) is 146 cm³/mol. The Morgan fingerprint density at radius 3 is 2.08 bits per heavy atom. The Morgan fingerprint density at radius 1 is 0.750 bits per heavy atom. The van der Waals surface area contributed by atoms with Crippen molar-refractivity contribution in [1.82, 2.24) is 0 Å². The van der Waals surface area contributed by atoms with Gasteiger partial charge in [-0.2, -0.15) is 0 Å². The lowest BCUT2D eigenvalue weighted by Gasteiger charge is -2.11. The summed E-state index contributed by atoms with van der Waals surface area (Å²) >= 11 is 0. The van der Waals surface area contributed by atoms with Gasteiger partial charge >= 0.3 is 5.97 Å². The number of Topliss-reactive ketones (excluding diaryl/α,β-unsaturated/α-hetero) is 1. The van der Waals surface area contributed by atoms with Crippen molar-refractivity contribution in [2.75, 3.05) is 14.2 Å². The fraction of sp³-hybridized carbons (Fsp3) is 0.0938. The zero-order valence-electron chi connectivity index (χ0n) is 21.8. The Labute approximate surface area is 228 Å². The highest BCUT2D eigenvalue weighted by molar-refractivity contribution is 6.16. The molecule has 5 rings (SSSR count). The van der Waals surface area contributed by atoms with Gasteiger partial charge in [0.25, 0.3) is 0 Å². The van der Waals surface area contributed by atoms with Crippen LogP contribution in [0.25, 0.3) is 22.1 Å². The molecule has 0 N–H and O–H groups in total. The molecule has 1 aromatic heterocycles. The zero-order chi connectivity index (χ0) is 28.4. The molecule has 0 atom stereocenters. The molecule has 0 saturated heterocycles. The molecular formula is C32H23FO7. The minimum absolute atomic E-state index is 0.0541. The molecule has 0 spiro atoms. The first kappa shape index (κ1) is 26.4. The van der Waals surface area contributed by atoms with E-state index < -0.39 is 17.6 Å². The standard InChI is InChI=1S/C32H23FO7/c1-18(34)19-7-9-24(10-8-19)40-32(36)27-14-22(31(35)20-5-4-6-23(33)11-20)15-29-30(27)28(17-39-29)21-12-25(37-2)16-26(13-21)38-3/h4-17H,1-3H3. The minimum Gasteiger partial charge on any atom is -0.497 e. The van der Waals surface area contributed by atoms with Gasteiger partial charge in [-0.1, -0.05) is 12.1 Å². The molecule has 0 bridgehead atoms. The van der Waals surface area contributed by atoms with Gasteiger partial charge in [-0.25, -0.2) is 9.18 Å². The summed E-state index contributed by atoms with van der Waals surface area (Å²) in [7, 11) is 3.05. The number of carbonyl (C=O) groups excluding carboxylic acids is 3. The van der Waals surface area contributed by atoms with E-state index in [4.69, 9.17) is 18.6 Å². The molecule has 0 saturated carbocycles. The molecule has 0 fully saturated rings. The van der Waals surface area contributed by atoms with Crippen LogP contribution in [0.15, 0.2) is 89.5 Å². The van der Waals surface area contributed by atoms with E-state index in [0.29, 0.717) is 33.6 Å². The van der Waals surface area contributed by atoms with E-state index in [0.717, 1.165) is 6.07 Å². The third-order valence-electron chi connectivity index (χ3n) is 6.38. The summed E-state index contributed by atoms with van der Waals surface area (Å²) in [6, 6.07) is 19.5. The monoisotopic (exact) mass is 538 g/mol. The molecule has 40 heavy (non-hydrogen) atoms. The van der Waals surface area contributed by atoms with Crippen molar-refractivity contribution >= 4 is 28.5 Å². The highest BCUT2D eigenvalue weighted by Gasteiger charge is 2.24. The molecule has 0 aliphatic carbocycles. The lowest BCUT2D eigenvalue weighted by molar-refractivity contribution is 0.0736. The second kappa shape index (κ2) is 10.9. The molecule has 200 valence electrons. The van der Waals surface area contributed by atoms with Crippen LogP contribution in [0.2, 0.25) is 0 Å². The van der Waals surface area contributed by atoms with Gasteiger partial charge in [0.15, 0.2) is 11.6 Å². The van der Waals surface area contributed by atoms with Crippen LogP contribution in [0.1, 0.15) is 43.6 Å². The SMILES string of the molecule is COc1cc(OC)cc(-c2coc3cc(C(=O)c4cccc(F)c4)cc(C(=O)Oc4ccc(C(C)=O)cc4)c23)c1. The first-order chi connectivity index (χ1) is 19.3. The van der Waals surface area contributed by atoms with E-state index in [9.17, 15) is 18.8 Å². The zero-order valence-corrected chi connectivity index (χ0v) is 21.8. The number of hydrogen-bond donors (Lipinski definition) is 0. The van der Waals surface area contributed by atoms with E-state index in [2.05, 4.69) is 0 Å². The first-order valence-electron chi connectivity index (χ1n) is 12.2. The maximum Gasteiger partial charge on any atom is 0.344 e. The minimum atomic E-state index is -0.757. The lowest BCUT2D eigenvalue weighted by atomic mass is 9.95. The first-order valence-corrected chi connectivity index (χ1v) is 12.2. The fourth-order valence-electron chi connectivity index (χ4n) is 4.35. The normalized spacial score (nSPS) is 10.8. The number of ketones is 2. The number of esters is 1. The number of benzene rings is 4. The van der Waals surface area contributed by atoms with Crippen LogP contribution in [0, 0.1) is 5.82 Å². The Kier molecular flexibility index (Phi) is 7.16. The van der Waals surface area contributed by atoms with Gasteiger partial charge in [-0.15, -0.1) is 0 Å².